The fraction of sp³-hybridized carbons (Fsp3) is 0.435. The standard InChI is InChI=1S/C23H29NO3/c1-3-22(27-21-12-11-18-8-4-5-9-19(18)16-21)23(25)24-13-14-26-20-10-6-7-17(2)15-20/h6-7,10-12,15-16,22H,3-5,8-9,13-14H2,1-2H3,(H,24,25). The zero-order valence-corrected chi connectivity index (χ0v) is 16.3. The summed E-state index contributed by atoms with van der Waals surface area (Å²) in [5, 5.41) is 2.91. The van der Waals surface area contributed by atoms with Crippen molar-refractivity contribution in [3.8, 4) is 11.5 Å². The van der Waals surface area contributed by atoms with E-state index in [-0.39, 0.29) is 5.91 Å². The third-order valence-corrected chi connectivity index (χ3v) is 4.92. The van der Waals surface area contributed by atoms with E-state index in [4.69, 9.17) is 9.47 Å². The molecule has 0 bridgehead atoms. The van der Waals surface area contributed by atoms with E-state index in [9.17, 15) is 4.79 Å². The minimum absolute atomic E-state index is 0.0944. The quantitative estimate of drug-likeness (QED) is 0.711. The number of amides is 1. The van der Waals surface area contributed by atoms with E-state index >= 15 is 0 Å². The van der Waals surface area contributed by atoms with Crippen LogP contribution in [0.3, 0.4) is 0 Å². The van der Waals surface area contributed by atoms with Gasteiger partial charge < -0.3 is 14.8 Å². The second-order valence-electron chi connectivity index (χ2n) is 7.11. The first-order valence-corrected chi connectivity index (χ1v) is 9.91. The van der Waals surface area contributed by atoms with Crippen LogP contribution in [-0.2, 0) is 17.6 Å². The van der Waals surface area contributed by atoms with Gasteiger partial charge in [0.15, 0.2) is 6.10 Å². The minimum Gasteiger partial charge on any atom is -0.492 e. The zero-order chi connectivity index (χ0) is 19.1. The molecule has 1 aliphatic carbocycles. The summed E-state index contributed by atoms with van der Waals surface area (Å²) in [6.45, 7) is 4.88. The average molecular weight is 367 g/mol. The maximum absolute atomic E-state index is 12.4. The fourth-order valence-electron chi connectivity index (χ4n) is 3.43. The summed E-state index contributed by atoms with van der Waals surface area (Å²) in [6, 6.07) is 14.1. The zero-order valence-electron chi connectivity index (χ0n) is 16.3. The van der Waals surface area contributed by atoms with Crippen LogP contribution in [-0.4, -0.2) is 25.2 Å². The number of aryl methyl sites for hydroxylation is 3. The number of benzene rings is 2. The highest BCUT2D eigenvalue weighted by molar-refractivity contribution is 5.81. The molecule has 0 saturated heterocycles. The number of ether oxygens (including phenoxy) is 2. The van der Waals surface area contributed by atoms with Crippen molar-refractivity contribution in [3.05, 3.63) is 59.2 Å². The van der Waals surface area contributed by atoms with Gasteiger partial charge in [-0.2, -0.15) is 0 Å². The van der Waals surface area contributed by atoms with E-state index in [2.05, 4.69) is 17.4 Å². The predicted molar refractivity (Wildman–Crippen MR) is 107 cm³/mol. The number of carbonyl (C=O) groups excluding carboxylic acids is 1. The number of nitrogens with one attached hydrogen (secondary N) is 1. The van der Waals surface area contributed by atoms with Gasteiger partial charge in [-0.1, -0.05) is 25.1 Å². The first kappa shape index (κ1) is 19.3. The third-order valence-electron chi connectivity index (χ3n) is 4.92. The molecule has 0 aliphatic heterocycles. The van der Waals surface area contributed by atoms with Gasteiger partial charge >= 0.3 is 0 Å². The van der Waals surface area contributed by atoms with Gasteiger partial charge in [-0.15, -0.1) is 0 Å². The summed E-state index contributed by atoms with van der Waals surface area (Å²) < 4.78 is 11.6. The van der Waals surface area contributed by atoms with Crippen molar-refractivity contribution >= 4 is 5.91 Å². The van der Waals surface area contributed by atoms with Crippen molar-refractivity contribution in [1.82, 2.24) is 5.32 Å². The highest BCUT2D eigenvalue weighted by Gasteiger charge is 2.19. The van der Waals surface area contributed by atoms with E-state index in [0.29, 0.717) is 19.6 Å². The molecule has 2 aromatic rings. The first-order chi connectivity index (χ1) is 13.2. The van der Waals surface area contributed by atoms with E-state index in [1.54, 1.807) is 0 Å². The Kier molecular flexibility index (Phi) is 6.74. The predicted octanol–water partition coefficient (Wildman–Crippen LogP) is 4.23. The van der Waals surface area contributed by atoms with Crippen LogP contribution in [0.25, 0.3) is 0 Å². The molecule has 0 saturated carbocycles. The molecule has 0 heterocycles. The van der Waals surface area contributed by atoms with Gasteiger partial charge in [-0.3, -0.25) is 4.79 Å². The number of rotatable bonds is 8. The summed E-state index contributed by atoms with van der Waals surface area (Å²) in [5.74, 6) is 1.51. The normalized spacial score (nSPS) is 14.1. The van der Waals surface area contributed by atoms with Gasteiger partial charge in [0.2, 0.25) is 0 Å². The van der Waals surface area contributed by atoms with Crippen molar-refractivity contribution in [2.45, 2.75) is 52.1 Å². The maximum atomic E-state index is 12.4. The molecule has 27 heavy (non-hydrogen) atoms. The minimum atomic E-state index is -0.481. The lowest BCUT2D eigenvalue weighted by Crippen LogP contribution is -2.39. The molecule has 3 rings (SSSR count). The van der Waals surface area contributed by atoms with Crippen LogP contribution in [0.2, 0.25) is 0 Å². The van der Waals surface area contributed by atoms with Crippen LogP contribution in [0, 0.1) is 6.92 Å². The molecule has 1 atom stereocenters. The van der Waals surface area contributed by atoms with Crippen molar-refractivity contribution < 1.29 is 14.3 Å². The third kappa shape index (κ3) is 5.49. The molecule has 0 aromatic heterocycles. The van der Waals surface area contributed by atoms with Gasteiger partial charge in [0.25, 0.3) is 5.91 Å². The Bertz CT molecular complexity index is 772. The van der Waals surface area contributed by atoms with Crippen molar-refractivity contribution in [2.75, 3.05) is 13.2 Å². The Labute approximate surface area is 161 Å². The van der Waals surface area contributed by atoms with E-state index in [1.165, 1.54) is 24.0 Å². The molecule has 4 heteroatoms. The Morgan fingerprint density at radius 2 is 1.89 bits per heavy atom. The molecule has 2 aromatic carbocycles. The smallest absolute Gasteiger partial charge is 0.261 e. The van der Waals surface area contributed by atoms with Gasteiger partial charge in [0, 0.05) is 0 Å². The highest BCUT2D eigenvalue weighted by Crippen LogP contribution is 2.26. The average Bonchev–Trinajstić information content (AvgIpc) is 2.69. The summed E-state index contributed by atoms with van der Waals surface area (Å²) in [5.41, 5.74) is 3.93. The van der Waals surface area contributed by atoms with Gasteiger partial charge in [-0.25, -0.2) is 0 Å². The molecule has 1 amide bonds. The second-order valence-corrected chi connectivity index (χ2v) is 7.11. The van der Waals surface area contributed by atoms with Crippen molar-refractivity contribution in [2.24, 2.45) is 0 Å². The van der Waals surface area contributed by atoms with Crippen LogP contribution in [0.5, 0.6) is 11.5 Å². The topological polar surface area (TPSA) is 47.6 Å². The lowest BCUT2D eigenvalue weighted by molar-refractivity contribution is -0.128. The van der Waals surface area contributed by atoms with Gasteiger partial charge in [-0.05, 0) is 80.0 Å². The van der Waals surface area contributed by atoms with E-state index in [0.717, 1.165) is 29.9 Å². The van der Waals surface area contributed by atoms with Crippen LogP contribution < -0.4 is 14.8 Å². The Morgan fingerprint density at radius 3 is 2.67 bits per heavy atom. The van der Waals surface area contributed by atoms with Crippen LogP contribution in [0.4, 0.5) is 0 Å². The van der Waals surface area contributed by atoms with Gasteiger partial charge in [0.1, 0.15) is 18.1 Å². The van der Waals surface area contributed by atoms with Crippen molar-refractivity contribution in [3.63, 3.8) is 0 Å². The van der Waals surface area contributed by atoms with Crippen LogP contribution in [0.1, 0.15) is 42.9 Å². The van der Waals surface area contributed by atoms with Crippen LogP contribution in [0.15, 0.2) is 42.5 Å². The van der Waals surface area contributed by atoms with Crippen molar-refractivity contribution in [1.29, 1.82) is 0 Å². The molecule has 0 fully saturated rings. The molecule has 1 unspecified atom stereocenters. The Morgan fingerprint density at radius 1 is 1.07 bits per heavy atom. The Hall–Kier alpha value is -2.49. The monoisotopic (exact) mass is 367 g/mol. The summed E-state index contributed by atoms with van der Waals surface area (Å²) in [7, 11) is 0. The molecule has 0 spiro atoms. The Balaban J connectivity index is 1.47. The molecule has 4 nitrogen and oxygen atoms in total. The lowest BCUT2D eigenvalue weighted by Gasteiger charge is -2.20. The van der Waals surface area contributed by atoms with Gasteiger partial charge in [0.05, 0.1) is 6.54 Å². The summed E-state index contributed by atoms with van der Waals surface area (Å²) >= 11 is 0. The fourth-order valence-corrected chi connectivity index (χ4v) is 3.43. The summed E-state index contributed by atoms with van der Waals surface area (Å²) in [6.07, 6.45) is 4.89. The molecular formula is C23H29NO3. The van der Waals surface area contributed by atoms with E-state index < -0.39 is 6.10 Å². The first-order valence-electron chi connectivity index (χ1n) is 9.91. The number of carbonyl (C=O) groups is 1. The molecule has 1 N–H and O–H groups in total. The lowest BCUT2D eigenvalue weighted by atomic mass is 9.92. The maximum Gasteiger partial charge on any atom is 0.261 e. The SMILES string of the molecule is CCC(Oc1ccc2c(c1)CCCC2)C(=O)NCCOc1cccc(C)c1. The number of hydrogen-bond acceptors (Lipinski definition) is 3. The molecule has 0 radical (unpaired) electrons. The number of hydrogen-bond donors (Lipinski definition) is 1. The van der Waals surface area contributed by atoms with E-state index in [1.807, 2.05) is 44.2 Å². The van der Waals surface area contributed by atoms with Crippen LogP contribution >= 0.6 is 0 Å². The molecular weight excluding hydrogens is 338 g/mol. The second kappa shape index (κ2) is 9.45. The molecule has 144 valence electrons. The highest BCUT2D eigenvalue weighted by atomic mass is 16.5. The largest absolute Gasteiger partial charge is 0.492 e. The summed E-state index contributed by atoms with van der Waals surface area (Å²) in [4.78, 5) is 12.4. The molecule has 1 aliphatic rings. The number of fused-ring (bicyclic) bond motifs is 1.